The highest BCUT2D eigenvalue weighted by Crippen LogP contribution is 2.27. The van der Waals surface area contributed by atoms with E-state index in [1.807, 2.05) is 30.0 Å². The van der Waals surface area contributed by atoms with Crippen molar-refractivity contribution in [1.29, 1.82) is 0 Å². The molecule has 1 atom stereocenters. The average molecular weight is 309 g/mol. The molecule has 1 aromatic heterocycles. The predicted octanol–water partition coefficient (Wildman–Crippen LogP) is 3.74. The van der Waals surface area contributed by atoms with Crippen LogP contribution in [0.2, 0.25) is 0 Å². The van der Waals surface area contributed by atoms with Crippen molar-refractivity contribution in [2.45, 2.75) is 31.9 Å². The Labute approximate surface area is 127 Å². The molecule has 1 heterocycles. The van der Waals surface area contributed by atoms with Crippen molar-refractivity contribution in [1.82, 2.24) is 4.98 Å². The molecule has 1 unspecified atom stereocenters. The number of thiazole rings is 1. The van der Waals surface area contributed by atoms with Crippen LogP contribution in [-0.2, 0) is 4.79 Å². The molecule has 1 aromatic carbocycles. The van der Waals surface area contributed by atoms with Gasteiger partial charge in [-0.15, -0.1) is 0 Å². The van der Waals surface area contributed by atoms with Gasteiger partial charge < -0.3 is 11.1 Å². The maximum Gasteiger partial charge on any atom is 0.226 e. The zero-order chi connectivity index (χ0) is 14.5. The Kier molecular flexibility index (Phi) is 5.25. The van der Waals surface area contributed by atoms with E-state index in [9.17, 15) is 4.79 Å². The Morgan fingerprint density at radius 1 is 1.55 bits per heavy atom. The van der Waals surface area contributed by atoms with E-state index in [0.717, 1.165) is 22.4 Å². The lowest BCUT2D eigenvalue weighted by atomic mass is 10.3. The van der Waals surface area contributed by atoms with Gasteiger partial charge in [-0.3, -0.25) is 4.79 Å². The average Bonchev–Trinajstić information content (AvgIpc) is 2.79. The van der Waals surface area contributed by atoms with Gasteiger partial charge >= 0.3 is 0 Å². The number of nitrogens with two attached hydrogens (primary N) is 1. The van der Waals surface area contributed by atoms with Crippen LogP contribution in [0.4, 0.5) is 10.8 Å². The van der Waals surface area contributed by atoms with E-state index >= 15 is 0 Å². The molecular weight excluding hydrogens is 290 g/mol. The molecule has 2 rings (SSSR count). The van der Waals surface area contributed by atoms with Crippen LogP contribution in [0.25, 0.3) is 10.2 Å². The standard InChI is InChI=1S/C14H19N3OS2/c1-3-9(2)19-7-6-13(18)17-14-16-11-5-4-10(15)8-12(11)20-14/h4-5,8-9H,3,6-7,15H2,1-2H3,(H,16,17,18). The first-order valence-electron chi connectivity index (χ1n) is 6.66. The van der Waals surface area contributed by atoms with Crippen LogP contribution in [0.3, 0.4) is 0 Å². The minimum absolute atomic E-state index is 0.0211. The highest BCUT2D eigenvalue weighted by Gasteiger charge is 2.08. The van der Waals surface area contributed by atoms with E-state index < -0.39 is 0 Å². The third-order valence-electron chi connectivity index (χ3n) is 2.97. The van der Waals surface area contributed by atoms with Crippen molar-refractivity contribution in [2.75, 3.05) is 16.8 Å². The van der Waals surface area contributed by atoms with E-state index in [2.05, 4.69) is 24.1 Å². The number of benzene rings is 1. The quantitative estimate of drug-likeness (QED) is 0.798. The number of rotatable bonds is 6. The molecule has 4 nitrogen and oxygen atoms in total. The number of nitrogen functional groups attached to an aromatic ring is 1. The second kappa shape index (κ2) is 6.95. The van der Waals surface area contributed by atoms with Crippen molar-refractivity contribution in [2.24, 2.45) is 0 Å². The summed E-state index contributed by atoms with van der Waals surface area (Å²) in [6, 6.07) is 5.56. The number of fused-ring (bicyclic) bond motifs is 1. The minimum atomic E-state index is 0.0211. The van der Waals surface area contributed by atoms with E-state index in [1.165, 1.54) is 11.3 Å². The van der Waals surface area contributed by atoms with Crippen LogP contribution in [0.1, 0.15) is 26.7 Å². The molecule has 0 saturated carbocycles. The third kappa shape index (κ3) is 4.11. The highest BCUT2D eigenvalue weighted by molar-refractivity contribution is 7.99. The van der Waals surface area contributed by atoms with Gasteiger partial charge in [0.25, 0.3) is 0 Å². The van der Waals surface area contributed by atoms with Crippen molar-refractivity contribution < 1.29 is 4.79 Å². The molecule has 20 heavy (non-hydrogen) atoms. The van der Waals surface area contributed by atoms with Crippen LogP contribution >= 0.6 is 23.1 Å². The Hall–Kier alpha value is -1.27. The highest BCUT2D eigenvalue weighted by atomic mass is 32.2. The van der Waals surface area contributed by atoms with Gasteiger partial charge in [0.05, 0.1) is 10.2 Å². The lowest BCUT2D eigenvalue weighted by Crippen LogP contribution is -2.12. The molecule has 108 valence electrons. The molecule has 3 N–H and O–H groups in total. The predicted molar refractivity (Wildman–Crippen MR) is 89.5 cm³/mol. The largest absolute Gasteiger partial charge is 0.399 e. The van der Waals surface area contributed by atoms with Gasteiger partial charge in [0.2, 0.25) is 5.91 Å². The van der Waals surface area contributed by atoms with Gasteiger partial charge in [-0.2, -0.15) is 11.8 Å². The zero-order valence-corrected chi connectivity index (χ0v) is 13.3. The van der Waals surface area contributed by atoms with Gasteiger partial charge in [-0.1, -0.05) is 25.2 Å². The number of anilines is 2. The molecule has 2 aromatic rings. The lowest BCUT2D eigenvalue weighted by Gasteiger charge is -2.07. The SMILES string of the molecule is CCC(C)SCCC(=O)Nc1nc2ccc(N)cc2s1. The molecule has 0 saturated heterocycles. The monoisotopic (exact) mass is 309 g/mol. The summed E-state index contributed by atoms with van der Waals surface area (Å²) in [5.41, 5.74) is 7.31. The summed E-state index contributed by atoms with van der Waals surface area (Å²) in [6.07, 6.45) is 1.65. The van der Waals surface area contributed by atoms with Crippen LogP contribution in [0.15, 0.2) is 18.2 Å². The molecule has 0 aliphatic heterocycles. The first-order valence-corrected chi connectivity index (χ1v) is 8.52. The van der Waals surface area contributed by atoms with Crippen LogP contribution < -0.4 is 11.1 Å². The second-order valence-electron chi connectivity index (χ2n) is 4.63. The van der Waals surface area contributed by atoms with Crippen LogP contribution in [0, 0.1) is 0 Å². The molecular formula is C14H19N3OS2. The number of carbonyl (C=O) groups is 1. The molecule has 0 fully saturated rings. The zero-order valence-electron chi connectivity index (χ0n) is 11.7. The summed E-state index contributed by atoms with van der Waals surface area (Å²) in [6.45, 7) is 4.34. The fourth-order valence-corrected chi connectivity index (χ4v) is 3.52. The number of hydrogen-bond acceptors (Lipinski definition) is 5. The molecule has 6 heteroatoms. The number of hydrogen-bond donors (Lipinski definition) is 2. The number of thioether (sulfide) groups is 1. The molecule has 0 aliphatic rings. The molecule has 1 amide bonds. The second-order valence-corrected chi connectivity index (χ2v) is 7.21. The molecule has 0 radical (unpaired) electrons. The van der Waals surface area contributed by atoms with E-state index in [0.29, 0.717) is 22.5 Å². The number of aromatic nitrogens is 1. The van der Waals surface area contributed by atoms with Crippen molar-refractivity contribution in [3.05, 3.63) is 18.2 Å². The Morgan fingerprint density at radius 3 is 3.10 bits per heavy atom. The first-order chi connectivity index (χ1) is 9.58. The summed E-state index contributed by atoms with van der Waals surface area (Å²) in [7, 11) is 0. The van der Waals surface area contributed by atoms with E-state index in [-0.39, 0.29) is 5.91 Å². The Morgan fingerprint density at radius 2 is 2.35 bits per heavy atom. The topological polar surface area (TPSA) is 68.0 Å². The third-order valence-corrected chi connectivity index (χ3v) is 5.24. The normalized spacial score (nSPS) is 12.5. The van der Waals surface area contributed by atoms with Gasteiger partial charge in [0, 0.05) is 23.1 Å². The number of nitrogens with zero attached hydrogens (tertiary/aromatic N) is 1. The fourth-order valence-electron chi connectivity index (χ4n) is 1.65. The molecule has 0 spiro atoms. The van der Waals surface area contributed by atoms with Crippen molar-refractivity contribution in [3.8, 4) is 0 Å². The molecule has 0 aliphatic carbocycles. The summed E-state index contributed by atoms with van der Waals surface area (Å²) in [5, 5.41) is 4.10. The number of carbonyl (C=O) groups excluding carboxylic acids is 1. The maximum absolute atomic E-state index is 11.8. The summed E-state index contributed by atoms with van der Waals surface area (Å²) < 4.78 is 0.995. The summed E-state index contributed by atoms with van der Waals surface area (Å²) >= 11 is 3.28. The van der Waals surface area contributed by atoms with E-state index in [1.54, 1.807) is 0 Å². The summed E-state index contributed by atoms with van der Waals surface area (Å²) in [4.78, 5) is 16.2. The van der Waals surface area contributed by atoms with Crippen LogP contribution in [-0.4, -0.2) is 21.9 Å². The number of amides is 1. The van der Waals surface area contributed by atoms with Crippen LogP contribution in [0.5, 0.6) is 0 Å². The van der Waals surface area contributed by atoms with Crippen molar-refractivity contribution >= 4 is 50.0 Å². The minimum Gasteiger partial charge on any atom is -0.399 e. The smallest absolute Gasteiger partial charge is 0.226 e. The van der Waals surface area contributed by atoms with Crippen molar-refractivity contribution in [3.63, 3.8) is 0 Å². The van der Waals surface area contributed by atoms with Gasteiger partial charge in [0.15, 0.2) is 5.13 Å². The Bertz CT molecular complexity index is 597. The van der Waals surface area contributed by atoms with Gasteiger partial charge in [-0.25, -0.2) is 4.98 Å². The molecule has 0 bridgehead atoms. The fraction of sp³-hybridized carbons (Fsp3) is 0.429. The van der Waals surface area contributed by atoms with E-state index in [4.69, 9.17) is 5.73 Å². The first kappa shape index (κ1) is 15.1. The maximum atomic E-state index is 11.8. The summed E-state index contributed by atoms with van der Waals surface area (Å²) in [5.74, 6) is 0.867. The lowest BCUT2D eigenvalue weighted by molar-refractivity contribution is -0.115. The van der Waals surface area contributed by atoms with Gasteiger partial charge in [-0.05, 0) is 24.6 Å². The number of nitrogens with one attached hydrogen (secondary N) is 1. The Balaban J connectivity index is 1.89. The van der Waals surface area contributed by atoms with Gasteiger partial charge in [0.1, 0.15) is 0 Å².